The first-order chi connectivity index (χ1) is 9.04. The third-order valence-corrected chi connectivity index (χ3v) is 6.16. The normalized spacial score (nSPS) is 21.5. The Balaban J connectivity index is 2.18. The molecular formula is C13H20N2O2S2. The number of nitrogens with zero attached hydrogens (tertiary/aromatic N) is 1. The molecule has 1 N–H and O–H groups in total. The maximum Gasteiger partial charge on any atom is 0.243 e. The Bertz CT molecular complexity index is 514. The average molecular weight is 300 g/mol. The van der Waals surface area contributed by atoms with Crippen LogP contribution in [0, 0.1) is 0 Å². The van der Waals surface area contributed by atoms with Gasteiger partial charge >= 0.3 is 0 Å². The van der Waals surface area contributed by atoms with Gasteiger partial charge in [0.25, 0.3) is 0 Å². The van der Waals surface area contributed by atoms with Gasteiger partial charge in [-0.1, -0.05) is 19.1 Å². The van der Waals surface area contributed by atoms with Crippen LogP contribution in [0.4, 0.5) is 0 Å². The van der Waals surface area contributed by atoms with Gasteiger partial charge in [0.05, 0.1) is 4.90 Å². The number of sulfonamides is 1. The molecule has 0 amide bonds. The summed E-state index contributed by atoms with van der Waals surface area (Å²) in [5.74, 6) is 0.873. The number of nitrogens with one attached hydrogen (secondary N) is 1. The zero-order chi connectivity index (χ0) is 13.9. The highest BCUT2D eigenvalue weighted by atomic mass is 32.2. The molecule has 6 heteroatoms. The van der Waals surface area contributed by atoms with Crippen molar-refractivity contribution in [2.24, 2.45) is 0 Å². The molecule has 1 aromatic rings. The second kappa shape index (κ2) is 6.26. The fourth-order valence-corrected chi connectivity index (χ4v) is 4.89. The first kappa shape index (κ1) is 14.8. The van der Waals surface area contributed by atoms with Gasteiger partial charge < -0.3 is 5.32 Å². The molecule has 0 aromatic heterocycles. The number of hydrogen-bond acceptors (Lipinski definition) is 4. The summed E-state index contributed by atoms with van der Waals surface area (Å²) in [6, 6.07) is 7.14. The summed E-state index contributed by atoms with van der Waals surface area (Å²) in [5.41, 5.74) is 1.09. The molecule has 1 atom stereocenters. The molecular weight excluding hydrogens is 280 g/mol. The van der Waals surface area contributed by atoms with Gasteiger partial charge in [0.2, 0.25) is 10.0 Å². The monoisotopic (exact) mass is 300 g/mol. The topological polar surface area (TPSA) is 49.4 Å². The summed E-state index contributed by atoms with van der Waals surface area (Å²) in [5, 5.41) is 3.42. The SMILES string of the molecule is CNCc1ccc(S(=O)(=O)N2CCSC(C)C2)cc1. The predicted octanol–water partition coefficient (Wildman–Crippen LogP) is 1.53. The van der Waals surface area contributed by atoms with Crippen LogP contribution in [0.1, 0.15) is 12.5 Å². The van der Waals surface area contributed by atoms with Crippen LogP contribution in [0.25, 0.3) is 0 Å². The van der Waals surface area contributed by atoms with Crippen LogP contribution in [0.5, 0.6) is 0 Å². The molecule has 1 aromatic carbocycles. The van der Waals surface area contributed by atoms with Gasteiger partial charge in [0.1, 0.15) is 0 Å². The lowest BCUT2D eigenvalue weighted by Crippen LogP contribution is -2.40. The molecule has 19 heavy (non-hydrogen) atoms. The second-order valence-electron chi connectivity index (χ2n) is 4.72. The standard InChI is InChI=1S/C13H20N2O2S2/c1-11-10-15(7-8-18-11)19(16,17)13-5-3-12(4-6-13)9-14-2/h3-6,11,14H,7-10H2,1-2H3. The lowest BCUT2D eigenvalue weighted by atomic mass is 10.2. The number of rotatable bonds is 4. The molecule has 1 heterocycles. The van der Waals surface area contributed by atoms with Crippen molar-refractivity contribution < 1.29 is 8.42 Å². The van der Waals surface area contributed by atoms with Crippen LogP contribution in [-0.2, 0) is 16.6 Å². The third-order valence-electron chi connectivity index (χ3n) is 3.15. The lowest BCUT2D eigenvalue weighted by molar-refractivity contribution is 0.424. The predicted molar refractivity (Wildman–Crippen MR) is 79.9 cm³/mol. The van der Waals surface area contributed by atoms with Crippen molar-refractivity contribution in [3.8, 4) is 0 Å². The summed E-state index contributed by atoms with van der Waals surface area (Å²) < 4.78 is 26.6. The minimum atomic E-state index is -3.33. The Hall–Kier alpha value is -0.560. The summed E-state index contributed by atoms with van der Waals surface area (Å²) in [6.45, 7) is 4.03. The Morgan fingerprint density at radius 2 is 2.05 bits per heavy atom. The molecule has 1 fully saturated rings. The fourth-order valence-electron chi connectivity index (χ4n) is 2.14. The summed E-state index contributed by atoms with van der Waals surface area (Å²) >= 11 is 1.83. The molecule has 2 rings (SSSR count). The van der Waals surface area contributed by atoms with Crippen LogP contribution >= 0.6 is 11.8 Å². The van der Waals surface area contributed by atoms with Crippen molar-refractivity contribution in [3.05, 3.63) is 29.8 Å². The average Bonchev–Trinajstić information content (AvgIpc) is 2.40. The van der Waals surface area contributed by atoms with Gasteiger partial charge in [-0.05, 0) is 24.7 Å². The van der Waals surface area contributed by atoms with E-state index in [1.165, 1.54) is 0 Å². The lowest BCUT2D eigenvalue weighted by Gasteiger charge is -2.29. The highest BCUT2D eigenvalue weighted by molar-refractivity contribution is 8.00. The summed E-state index contributed by atoms with van der Waals surface area (Å²) in [4.78, 5) is 0.395. The van der Waals surface area contributed by atoms with E-state index in [1.807, 2.05) is 30.9 Å². The quantitative estimate of drug-likeness (QED) is 0.916. The molecule has 1 aliphatic heterocycles. The third kappa shape index (κ3) is 3.51. The van der Waals surface area contributed by atoms with Gasteiger partial charge in [-0.15, -0.1) is 0 Å². The Kier molecular flexibility index (Phi) is 4.89. The fraction of sp³-hybridized carbons (Fsp3) is 0.538. The van der Waals surface area contributed by atoms with E-state index in [4.69, 9.17) is 0 Å². The van der Waals surface area contributed by atoms with Gasteiger partial charge in [-0.2, -0.15) is 16.1 Å². The summed E-state index contributed by atoms with van der Waals surface area (Å²) in [7, 11) is -1.45. The van der Waals surface area contributed by atoms with Gasteiger partial charge in [0, 0.05) is 30.6 Å². The second-order valence-corrected chi connectivity index (χ2v) is 8.20. The number of benzene rings is 1. The van der Waals surface area contributed by atoms with Crippen LogP contribution in [0.3, 0.4) is 0 Å². The smallest absolute Gasteiger partial charge is 0.243 e. The Morgan fingerprint density at radius 3 is 2.63 bits per heavy atom. The van der Waals surface area contributed by atoms with Crippen molar-refractivity contribution in [3.63, 3.8) is 0 Å². The van der Waals surface area contributed by atoms with Crippen molar-refractivity contribution in [2.75, 3.05) is 25.9 Å². The Labute approximate surface area is 119 Å². The minimum Gasteiger partial charge on any atom is -0.316 e. The Morgan fingerprint density at radius 1 is 1.37 bits per heavy atom. The van der Waals surface area contributed by atoms with Crippen LogP contribution in [0.15, 0.2) is 29.2 Å². The van der Waals surface area contributed by atoms with Crippen LogP contribution < -0.4 is 5.32 Å². The van der Waals surface area contributed by atoms with E-state index in [0.29, 0.717) is 23.2 Å². The first-order valence-electron chi connectivity index (χ1n) is 6.39. The number of thioether (sulfide) groups is 1. The van der Waals surface area contributed by atoms with Crippen LogP contribution in [-0.4, -0.2) is 43.9 Å². The highest BCUT2D eigenvalue weighted by Gasteiger charge is 2.28. The van der Waals surface area contributed by atoms with E-state index >= 15 is 0 Å². The van der Waals surface area contributed by atoms with Crippen molar-refractivity contribution >= 4 is 21.8 Å². The zero-order valence-corrected chi connectivity index (χ0v) is 12.9. The van der Waals surface area contributed by atoms with Crippen molar-refractivity contribution in [1.29, 1.82) is 0 Å². The van der Waals surface area contributed by atoms with E-state index in [9.17, 15) is 8.42 Å². The maximum absolute atomic E-state index is 12.5. The zero-order valence-electron chi connectivity index (χ0n) is 11.3. The molecule has 4 nitrogen and oxygen atoms in total. The van der Waals surface area contributed by atoms with E-state index < -0.39 is 10.0 Å². The van der Waals surface area contributed by atoms with Gasteiger partial charge in [-0.25, -0.2) is 8.42 Å². The molecule has 106 valence electrons. The van der Waals surface area contributed by atoms with Crippen molar-refractivity contribution in [1.82, 2.24) is 9.62 Å². The van der Waals surface area contributed by atoms with E-state index in [-0.39, 0.29) is 0 Å². The largest absolute Gasteiger partial charge is 0.316 e. The molecule has 0 saturated carbocycles. The maximum atomic E-state index is 12.5. The van der Waals surface area contributed by atoms with Gasteiger partial charge in [0.15, 0.2) is 0 Å². The molecule has 1 saturated heterocycles. The summed E-state index contributed by atoms with van der Waals surface area (Å²) in [6.07, 6.45) is 0. The molecule has 0 radical (unpaired) electrons. The van der Waals surface area contributed by atoms with Gasteiger partial charge in [-0.3, -0.25) is 0 Å². The molecule has 1 unspecified atom stereocenters. The van der Waals surface area contributed by atoms with E-state index in [0.717, 1.165) is 17.9 Å². The van der Waals surface area contributed by atoms with E-state index in [1.54, 1.807) is 16.4 Å². The van der Waals surface area contributed by atoms with Crippen molar-refractivity contribution in [2.45, 2.75) is 23.6 Å². The van der Waals surface area contributed by atoms with Crippen LogP contribution in [0.2, 0.25) is 0 Å². The number of hydrogen-bond donors (Lipinski definition) is 1. The van der Waals surface area contributed by atoms with E-state index in [2.05, 4.69) is 12.2 Å². The molecule has 0 spiro atoms. The molecule has 1 aliphatic rings. The molecule has 0 bridgehead atoms. The first-order valence-corrected chi connectivity index (χ1v) is 8.88. The molecule has 0 aliphatic carbocycles. The highest BCUT2D eigenvalue weighted by Crippen LogP contribution is 2.24. The minimum absolute atomic E-state index is 0.368.